The minimum Gasteiger partial charge on any atom is -0.496 e. The van der Waals surface area contributed by atoms with Gasteiger partial charge < -0.3 is 10.5 Å². The number of nitrogens with two attached hydrogens (primary N) is 1. The maximum atomic E-state index is 5.56. The van der Waals surface area contributed by atoms with Crippen LogP contribution < -0.4 is 10.5 Å². The molecule has 0 aliphatic carbocycles. The van der Waals surface area contributed by atoms with Gasteiger partial charge in [-0.2, -0.15) is 0 Å². The molecule has 0 fully saturated rings. The van der Waals surface area contributed by atoms with E-state index in [1.165, 1.54) is 11.1 Å². The van der Waals surface area contributed by atoms with Gasteiger partial charge in [-0.3, -0.25) is 0 Å². The summed E-state index contributed by atoms with van der Waals surface area (Å²) >= 11 is 1.65. The fourth-order valence-corrected chi connectivity index (χ4v) is 2.89. The van der Waals surface area contributed by atoms with Crippen LogP contribution in [0.1, 0.15) is 16.1 Å². The largest absolute Gasteiger partial charge is 0.496 e. The summed E-state index contributed by atoms with van der Waals surface area (Å²) in [4.78, 5) is 4.63. The van der Waals surface area contributed by atoms with E-state index in [1.807, 2.05) is 6.07 Å². The Morgan fingerprint density at radius 1 is 1.33 bits per heavy atom. The van der Waals surface area contributed by atoms with Crippen molar-refractivity contribution in [1.82, 2.24) is 4.98 Å². The van der Waals surface area contributed by atoms with Crippen LogP contribution in [0.15, 0.2) is 17.5 Å². The lowest BCUT2D eigenvalue weighted by Crippen LogP contribution is -2.02. The quantitative estimate of drug-likeness (QED) is 0.921. The molecular formula is C14H18N2OS. The van der Waals surface area contributed by atoms with Gasteiger partial charge in [-0.1, -0.05) is 6.07 Å². The van der Waals surface area contributed by atoms with Crippen LogP contribution in [0.25, 0.3) is 11.3 Å². The first-order chi connectivity index (χ1) is 8.65. The summed E-state index contributed by atoms with van der Waals surface area (Å²) in [5, 5.41) is 3.15. The molecule has 0 bridgehead atoms. The van der Waals surface area contributed by atoms with Crippen molar-refractivity contribution in [2.45, 2.75) is 20.3 Å². The summed E-state index contributed by atoms with van der Waals surface area (Å²) in [6, 6.07) is 4.20. The van der Waals surface area contributed by atoms with E-state index in [1.54, 1.807) is 18.4 Å². The van der Waals surface area contributed by atoms with Gasteiger partial charge in [0.1, 0.15) is 5.75 Å². The summed E-state index contributed by atoms with van der Waals surface area (Å²) in [5.41, 5.74) is 10.0. The van der Waals surface area contributed by atoms with Gasteiger partial charge >= 0.3 is 0 Å². The number of hydrogen-bond acceptors (Lipinski definition) is 4. The third-order valence-corrected chi connectivity index (χ3v) is 3.74. The number of nitrogens with zero attached hydrogens (tertiary/aromatic N) is 1. The third kappa shape index (κ3) is 2.54. The van der Waals surface area contributed by atoms with E-state index in [-0.39, 0.29) is 0 Å². The third-order valence-electron chi connectivity index (χ3n) is 2.83. The summed E-state index contributed by atoms with van der Waals surface area (Å²) in [5.74, 6) is 0.886. The SMILES string of the molecule is COc1cc(C)cc(C)c1-c1csc(CCN)n1. The number of thiazole rings is 1. The highest BCUT2D eigenvalue weighted by Crippen LogP contribution is 2.34. The zero-order valence-corrected chi connectivity index (χ0v) is 11.8. The first-order valence-corrected chi connectivity index (χ1v) is 6.83. The molecular weight excluding hydrogens is 244 g/mol. The van der Waals surface area contributed by atoms with Crippen molar-refractivity contribution in [1.29, 1.82) is 0 Å². The second-order valence-corrected chi connectivity index (χ2v) is 5.27. The molecule has 2 aromatic rings. The van der Waals surface area contributed by atoms with Crippen molar-refractivity contribution < 1.29 is 4.74 Å². The van der Waals surface area contributed by atoms with Crippen LogP contribution in [0.2, 0.25) is 0 Å². The highest BCUT2D eigenvalue weighted by molar-refractivity contribution is 7.09. The second-order valence-electron chi connectivity index (χ2n) is 4.32. The van der Waals surface area contributed by atoms with Crippen LogP contribution in [-0.2, 0) is 6.42 Å². The lowest BCUT2D eigenvalue weighted by molar-refractivity contribution is 0.415. The molecule has 0 saturated heterocycles. The molecule has 1 aromatic carbocycles. The van der Waals surface area contributed by atoms with Gasteiger partial charge in [0.15, 0.2) is 0 Å². The summed E-state index contributed by atoms with van der Waals surface area (Å²) in [6.45, 7) is 4.80. The molecule has 0 radical (unpaired) electrons. The van der Waals surface area contributed by atoms with Crippen molar-refractivity contribution in [3.05, 3.63) is 33.6 Å². The van der Waals surface area contributed by atoms with E-state index in [9.17, 15) is 0 Å². The number of ether oxygens (including phenoxy) is 1. The van der Waals surface area contributed by atoms with Crippen molar-refractivity contribution in [3.8, 4) is 17.0 Å². The number of methoxy groups -OCH3 is 1. The molecule has 0 aliphatic heterocycles. The lowest BCUT2D eigenvalue weighted by Gasteiger charge is -2.11. The Kier molecular flexibility index (Phi) is 3.99. The van der Waals surface area contributed by atoms with Gasteiger partial charge in [0.2, 0.25) is 0 Å². The maximum absolute atomic E-state index is 5.56. The van der Waals surface area contributed by atoms with Crippen LogP contribution in [-0.4, -0.2) is 18.6 Å². The number of rotatable bonds is 4. The van der Waals surface area contributed by atoms with E-state index in [4.69, 9.17) is 10.5 Å². The molecule has 1 aromatic heterocycles. The molecule has 2 rings (SSSR count). The van der Waals surface area contributed by atoms with E-state index in [0.29, 0.717) is 6.54 Å². The first-order valence-electron chi connectivity index (χ1n) is 5.95. The molecule has 0 amide bonds. The molecule has 0 aliphatic rings. The molecule has 2 N–H and O–H groups in total. The Balaban J connectivity index is 2.48. The predicted octanol–water partition coefficient (Wildman–Crippen LogP) is 2.94. The summed E-state index contributed by atoms with van der Waals surface area (Å²) in [7, 11) is 1.70. The van der Waals surface area contributed by atoms with Gasteiger partial charge in [0.25, 0.3) is 0 Å². The molecule has 0 atom stereocenters. The van der Waals surface area contributed by atoms with Crippen molar-refractivity contribution in [2.75, 3.05) is 13.7 Å². The summed E-state index contributed by atoms with van der Waals surface area (Å²) < 4.78 is 5.47. The smallest absolute Gasteiger partial charge is 0.128 e. The van der Waals surface area contributed by atoms with Gasteiger partial charge in [-0.25, -0.2) is 4.98 Å². The van der Waals surface area contributed by atoms with Crippen LogP contribution in [0, 0.1) is 13.8 Å². The standard InChI is InChI=1S/C14H18N2OS/c1-9-6-10(2)14(12(7-9)17-3)11-8-18-13(16-11)4-5-15/h6-8H,4-5,15H2,1-3H3. The Morgan fingerprint density at radius 3 is 2.78 bits per heavy atom. The fraction of sp³-hybridized carbons (Fsp3) is 0.357. The number of aryl methyl sites for hydroxylation is 2. The highest BCUT2D eigenvalue weighted by Gasteiger charge is 2.13. The zero-order chi connectivity index (χ0) is 13.1. The lowest BCUT2D eigenvalue weighted by atomic mass is 10.0. The minimum absolute atomic E-state index is 0.636. The minimum atomic E-state index is 0.636. The number of benzene rings is 1. The molecule has 3 nitrogen and oxygen atoms in total. The van der Waals surface area contributed by atoms with Crippen LogP contribution >= 0.6 is 11.3 Å². The van der Waals surface area contributed by atoms with Crippen molar-refractivity contribution in [2.24, 2.45) is 5.73 Å². The molecule has 0 spiro atoms. The fourth-order valence-electron chi connectivity index (χ4n) is 2.08. The summed E-state index contributed by atoms with van der Waals surface area (Å²) in [6.07, 6.45) is 0.831. The topological polar surface area (TPSA) is 48.1 Å². The Bertz CT molecular complexity index is 549. The molecule has 96 valence electrons. The Hall–Kier alpha value is -1.39. The van der Waals surface area contributed by atoms with E-state index in [2.05, 4.69) is 30.3 Å². The van der Waals surface area contributed by atoms with Crippen molar-refractivity contribution >= 4 is 11.3 Å². The molecule has 18 heavy (non-hydrogen) atoms. The van der Waals surface area contributed by atoms with E-state index in [0.717, 1.165) is 28.4 Å². The van der Waals surface area contributed by atoms with Gasteiger partial charge in [0.05, 0.1) is 17.8 Å². The molecule has 0 unspecified atom stereocenters. The first kappa shape index (κ1) is 13.1. The highest BCUT2D eigenvalue weighted by atomic mass is 32.1. The predicted molar refractivity (Wildman–Crippen MR) is 76.3 cm³/mol. The van der Waals surface area contributed by atoms with Crippen LogP contribution in [0.3, 0.4) is 0 Å². The Morgan fingerprint density at radius 2 is 2.11 bits per heavy atom. The average Bonchev–Trinajstić information content (AvgIpc) is 2.76. The number of aromatic nitrogens is 1. The van der Waals surface area contributed by atoms with Gasteiger partial charge in [0, 0.05) is 17.4 Å². The van der Waals surface area contributed by atoms with Crippen molar-refractivity contribution in [3.63, 3.8) is 0 Å². The second kappa shape index (κ2) is 5.50. The molecule has 4 heteroatoms. The van der Waals surface area contributed by atoms with E-state index >= 15 is 0 Å². The molecule has 0 saturated carbocycles. The van der Waals surface area contributed by atoms with E-state index < -0.39 is 0 Å². The average molecular weight is 262 g/mol. The van der Waals surface area contributed by atoms with Gasteiger partial charge in [-0.05, 0) is 37.6 Å². The van der Waals surface area contributed by atoms with Crippen LogP contribution in [0.4, 0.5) is 0 Å². The zero-order valence-electron chi connectivity index (χ0n) is 11.0. The Labute approximate surface area is 112 Å². The monoisotopic (exact) mass is 262 g/mol. The molecule has 1 heterocycles. The number of hydrogen-bond donors (Lipinski definition) is 1. The normalized spacial score (nSPS) is 10.7. The van der Waals surface area contributed by atoms with Gasteiger partial charge in [-0.15, -0.1) is 11.3 Å². The van der Waals surface area contributed by atoms with Crippen LogP contribution in [0.5, 0.6) is 5.75 Å². The maximum Gasteiger partial charge on any atom is 0.128 e.